The maximum Gasteiger partial charge on any atom is 0.310 e. The van der Waals surface area contributed by atoms with E-state index in [1.165, 1.54) is 20.2 Å². The predicted octanol–water partition coefficient (Wildman–Crippen LogP) is 1.63. The van der Waals surface area contributed by atoms with Crippen molar-refractivity contribution in [1.82, 2.24) is 4.98 Å². The van der Waals surface area contributed by atoms with E-state index in [1.54, 1.807) is 0 Å². The Morgan fingerprint density at radius 1 is 1.62 bits per heavy atom. The highest BCUT2D eigenvalue weighted by molar-refractivity contribution is 5.75. The second-order valence-electron chi connectivity index (χ2n) is 3.25. The van der Waals surface area contributed by atoms with E-state index in [9.17, 15) is 13.6 Å². The van der Waals surface area contributed by atoms with Gasteiger partial charge in [0.25, 0.3) is 6.43 Å². The number of carbonyl (C=O) groups is 1. The molecule has 0 aliphatic heterocycles. The molecule has 0 aromatic carbocycles. The van der Waals surface area contributed by atoms with Gasteiger partial charge >= 0.3 is 5.97 Å². The van der Waals surface area contributed by atoms with Crippen LogP contribution in [0.1, 0.15) is 23.2 Å². The zero-order chi connectivity index (χ0) is 12.3. The summed E-state index contributed by atoms with van der Waals surface area (Å²) in [5, 5.41) is 0. The molecule has 1 rings (SSSR count). The van der Waals surface area contributed by atoms with Crippen LogP contribution in [0.15, 0.2) is 6.20 Å². The van der Waals surface area contributed by atoms with Crippen molar-refractivity contribution in [1.29, 1.82) is 0 Å². The quantitative estimate of drug-likeness (QED) is 0.801. The summed E-state index contributed by atoms with van der Waals surface area (Å²) in [4.78, 5) is 14.8. The third-order valence-electron chi connectivity index (χ3n) is 2.22. The largest absolute Gasteiger partial charge is 0.469 e. The summed E-state index contributed by atoms with van der Waals surface area (Å²) < 4.78 is 29.7. The summed E-state index contributed by atoms with van der Waals surface area (Å²) in [5.74, 6) is -0.544. The lowest BCUT2D eigenvalue weighted by atomic mass is 10.1. The monoisotopic (exact) mass is 230 g/mol. The van der Waals surface area contributed by atoms with Crippen molar-refractivity contribution in [2.75, 3.05) is 12.8 Å². The van der Waals surface area contributed by atoms with Gasteiger partial charge in [0.15, 0.2) is 0 Å². The van der Waals surface area contributed by atoms with Gasteiger partial charge < -0.3 is 10.5 Å². The van der Waals surface area contributed by atoms with E-state index in [2.05, 4.69) is 9.72 Å². The number of nitrogens with zero attached hydrogens (tertiary/aromatic N) is 1. The van der Waals surface area contributed by atoms with Gasteiger partial charge in [-0.2, -0.15) is 0 Å². The number of aryl methyl sites for hydroxylation is 1. The highest BCUT2D eigenvalue weighted by Gasteiger charge is 2.19. The van der Waals surface area contributed by atoms with Crippen LogP contribution in [0.25, 0.3) is 0 Å². The number of esters is 1. The Balaban J connectivity index is 3.13. The summed E-state index contributed by atoms with van der Waals surface area (Å²) in [6.45, 7) is 1.44. The predicted molar refractivity (Wildman–Crippen MR) is 54.1 cm³/mol. The Hall–Kier alpha value is -1.72. The summed E-state index contributed by atoms with van der Waals surface area (Å²) >= 11 is 0. The molecule has 1 heterocycles. The number of nitrogens with two attached hydrogens (primary N) is 1. The molecule has 0 saturated heterocycles. The van der Waals surface area contributed by atoms with E-state index >= 15 is 0 Å². The number of alkyl halides is 2. The molecular formula is C10H12F2N2O2. The molecule has 0 aliphatic rings. The van der Waals surface area contributed by atoms with Crippen LogP contribution in [-0.4, -0.2) is 18.1 Å². The van der Waals surface area contributed by atoms with Crippen LogP contribution in [-0.2, 0) is 16.0 Å². The van der Waals surface area contributed by atoms with Crippen molar-refractivity contribution in [3.8, 4) is 0 Å². The number of halogens is 2. The Morgan fingerprint density at radius 2 is 2.25 bits per heavy atom. The zero-order valence-corrected chi connectivity index (χ0v) is 8.96. The Kier molecular flexibility index (Phi) is 3.76. The topological polar surface area (TPSA) is 65.2 Å². The Bertz CT molecular complexity index is 408. The minimum Gasteiger partial charge on any atom is -0.469 e. The smallest absolute Gasteiger partial charge is 0.310 e. The lowest BCUT2D eigenvalue weighted by Gasteiger charge is -2.11. The fourth-order valence-electron chi connectivity index (χ4n) is 1.33. The molecule has 0 aliphatic carbocycles. The van der Waals surface area contributed by atoms with Crippen molar-refractivity contribution in [3.05, 3.63) is 23.0 Å². The first-order valence-electron chi connectivity index (χ1n) is 4.56. The molecule has 0 unspecified atom stereocenters. The summed E-state index contributed by atoms with van der Waals surface area (Å²) in [6.07, 6.45) is -1.55. The molecule has 0 fully saturated rings. The number of hydrogen-bond acceptors (Lipinski definition) is 4. The maximum atomic E-state index is 12.7. The molecule has 4 nitrogen and oxygen atoms in total. The minimum atomic E-state index is -2.70. The van der Waals surface area contributed by atoms with Crippen molar-refractivity contribution < 1.29 is 18.3 Å². The van der Waals surface area contributed by atoms with Crippen LogP contribution in [0.4, 0.5) is 14.5 Å². The van der Waals surface area contributed by atoms with Gasteiger partial charge in [0.1, 0.15) is 0 Å². The second-order valence-corrected chi connectivity index (χ2v) is 3.25. The molecule has 2 N–H and O–H groups in total. The van der Waals surface area contributed by atoms with E-state index in [0.717, 1.165) is 0 Å². The van der Waals surface area contributed by atoms with E-state index < -0.39 is 12.4 Å². The molecule has 0 spiro atoms. The standard InChI is InChI=1S/C10H12F2N2O2/c1-5-8(10(11)12)9(13)6(4-14-5)3-7(15)16-2/h4,10H,3H2,1-2H3,(H2,13,14). The molecule has 0 amide bonds. The van der Waals surface area contributed by atoms with Crippen molar-refractivity contribution in [2.24, 2.45) is 0 Å². The number of carbonyl (C=O) groups excluding carboxylic acids is 1. The van der Waals surface area contributed by atoms with E-state index in [1.807, 2.05) is 0 Å². The molecule has 88 valence electrons. The maximum absolute atomic E-state index is 12.7. The van der Waals surface area contributed by atoms with Gasteiger partial charge in [-0.15, -0.1) is 0 Å². The third kappa shape index (κ3) is 2.44. The van der Waals surface area contributed by atoms with Crippen LogP contribution >= 0.6 is 0 Å². The summed E-state index contributed by atoms with van der Waals surface area (Å²) in [7, 11) is 1.22. The number of pyridine rings is 1. The molecular weight excluding hydrogens is 218 g/mol. The first kappa shape index (κ1) is 12.4. The highest BCUT2D eigenvalue weighted by Crippen LogP contribution is 2.29. The summed E-state index contributed by atoms with van der Waals surface area (Å²) in [6, 6.07) is 0. The molecule has 0 atom stereocenters. The van der Waals surface area contributed by atoms with Crippen LogP contribution in [0.5, 0.6) is 0 Å². The second kappa shape index (κ2) is 4.87. The fourth-order valence-corrected chi connectivity index (χ4v) is 1.33. The number of rotatable bonds is 3. The van der Waals surface area contributed by atoms with Gasteiger partial charge in [-0.3, -0.25) is 9.78 Å². The van der Waals surface area contributed by atoms with Gasteiger partial charge in [0.05, 0.1) is 19.1 Å². The minimum absolute atomic E-state index is 0.0899. The van der Waals surface area contributed by atoms with Crippen molar-refractivity contribution in [2.45, 2.75) is 19.8 Å². The van der Waals surface area contributed by atoms with Gasteiger partial charge in [-0.1, -0.05) is 0 Å². The fraction of sp³-hybridized carbons (Fsp3) is 0.400. The van der Waals surface area contributed by atoms with E-state index in [0.29, 0.717) is 0 Å². The Labute approximate surface area is 91.4 Å². The van der Waals surface area contributed by atoms with Gasteiger partial charge in [0, 0.05) is 23.1 Å². The Morgan fingerprint density at radius 3 is 2.75 bits per heavy atom. The van der Waals surface area contributed by atoms with Crippen molar-refractivity contribution in [3.63, 3.8) is 0 Å². The molecule has 6 heteroatoms. The number of methoxy groups -OCH3 is 1. The van der Waals surface area contributed by atoms with Crippen molar-refractivity contribution >= 4 is 11.7 Å². The lowest BCUT2D eigenvalue weighted by Crippen LogP contribution is -2.10. The molecule has 0 saturated carbocycles. The van der Waals surface area contributed by atoms with Crippen LogP contribution in [0.3, 0.4) is 0 Å². The first-order chi connectivity index (χ1) is 7.47. The zero-order valence-electron chi connectivity index (χ0n) is 8.96. The van der Waals surface area contributed by atoms with Crippen LogP contribution in [0.2, 0.25) is 0 Å². The first-order valence-corrected chi connectivity index (χ1v) is 4.56. The average molecular weight is 230 g/mol. The number of aromatic nitrogens is 1. The highest BCUT2D eigenvalue weighted by atomic mass is 19.3. The number of anilines is 1. The van der Waals surface area contributed by atoms with Gasteiger partial charge in [-0.25, -0.2) is 8.78 Å². The normalized spacial score (nSPS) is 10.6. The van der Waals surface area contributed by atoms with Crippen LogP contribution in [0, 0.1) is 6.92 Å². The molecule has 1 aromatic heterocycles. The molecule has 0 bridgehead atoms. The number of nitrogen functional groups attached to an aromatic ring is 1. The number of ether oxygens (including phenoxy) is 1. The van der Waals surface area contributed by atoms with Gasteiger partial charge in [-0.05, 0) is 6.92 Å². The summed E-state index contributed by atoms with van der Waals surface area (Å²) in [5.41, 5.74) is 5.58. The number of hydrogen-bond donors (Lipinski definition) is 1. The van der Waals surface area contributed by atoms with E-state index in [-0.39, 0.29) is 28.9 Å². The molecule has 0 radical (unpaired) electrons. The van der Waals surface area contributed by atoms with Gasteiger partial charge in [0.2, 0.25) is 0 Å². The lowest BCUT2D eigenvalue weighted by molar-refractivity contribution is -0.139. The molecule has 16 heavy (non-hydrogen) atoms. The van der Waals surface area contributed by atoms with E-state index in [4.69, 9.17) is 5.73 Å². The SMILES string of the molecule is COC(=O)Cc1cnc(C)c(C(F)F)c1N. The third-order valence-corrected chi connectivity index (χ3v) is 2.22. The van der Waals surface area contributed by atoms with Crippen LogP contribution < -0.4 is 5.73 Å². The molecule has 1 aromatic rings. The average Bonchev–Trinajstić information content (AvgIpc) is 2.21.